The minimum Gasteiger partial charge on any atom is -0.399 e. The van der Waals surface area contributed by atoms with Crippen molar-refractivity contribution in [1.82, 2.24) is 10.2 Å². The summed E-state index contributed by atoms with van der Waals surface area (Å²) in [6.07, 6.45) is 1.02. The molecule has 1 aromatic carbocycles. The molecular formula is C19H29BN2O3. The van der Waals surface area contributed by atoms with Crippen molar-refractivity contribution in [3.05, 3.63) is 29.8 Å². The molecule has 2 heterocycles. The summed E-state index contributed by atoms with van der Waals surface area (Å²) in [5.74, 6) is 0.0543. The first-order chi connectivity index (χ1) is 11.7. The second-order valence-corrected chi connectivity index (χ2v) is 8.25. The monoisotopic (exact) mass is 344 g/mol. The van der Waals surface area contributed by atoms with E-state index in [1.165, 1.54) is 5.56 Å². The van der Waals surface area contributed by atoms with Crippen molar-refractivity contribution in [1.29, 1.82) is 0 Å². The number of carbonyl (C=O) groups is 1. The molecule has 0 spiro atoms. The number of likely N-dealkylation sites (tertiary alicyclic amines) is 1. The second kappa shape index (κ2) is 6.74. The van der Waals surface area contributed by atoms with E-state index < -0.39 is 0 Å². The lowest BCUT2D eigenvalue weighted by molar-refractivity contribution is -0.119. The van der Waals surface area contributed by atoms with E-state index in [0.717, 1.165) is 31.5 Å². The Bertz CT molecular complexity index is 614. The molecule has 2 saturated heterocycles. The van der Waals surface area contributed by atoms with E-state index in [1.807, 2.05) is 0 Å². The predicted molar refractivity (Wildman–Crippen MR) is 99.7 cm³/mol. The Labute approximate surface area is 151 Å². The Balaban J connectivity index is 1.58. The molecule has 2 fully saturated rings. The molecule has 25 heavy (non-hydrogen) atoms. The zero-order valence-electron chi connectivity index (χ0n) is 16.0. The molecule has 0 saturated carbocycles. The summed E-state index contributed by atoms with van der Waals surface area (Å²) >= 11 is 0. The van der Waals surface area contributed by atoms with Crippen LogP contribution in [0.1, 0.15) is 46.6 Å². The summed E-state index contributed by atoms with van der Waals surface area (Å²) in [5.41, 5.74) is 1.69. The predicted octanol–water partition coefficient (Wildman–Crippen LogP) is 1.70. The van der Waals surface area contributed by atoms with Crippen LogP contribution < -0.4 is 10.8 Å². The lowest BCUT2D eigenvalue weighted by Gasteiger charge is -2.32. The van der Waals surface area contributed by atoms with Crippen LogP contribution in [0.2, 0.25) is 0 Å². The Morgan fingerprint density at radius 1 is 1.20 bits per heavy atom. The summed E-state index contributed by atoms with van der Waals surface area (Å²) in [4.78, 5) is 13.5. The van der Waals surface area contributed by atoms with Crippen LogP contribution in [0, 0.1) is 0 Å². The van der Waals surface area contributed by atoms with Gasteiger partial charge in [-0.05, 0) is 45.1 Å². The molecule has 136 valence electrons. The lowest BCUT2D eigenvalue weighted by atomic mass is 9.79. The van der Waals surface area contributed by atoms with E-state index in [4.69, 9.17) is 9.31 Å². The number of nitrogens with zero attached hydrogens (tertiary/aromatic N) is 1. The quantitative estimate of drug-likeness (QED) is 0.845. The highest BCUT2D eigenvalue weighted by atomic mass is 16.7. The van der Waals surface area contributed by atoms with Gasteiger partial charge < -0.3 is 14.6 Å². The van der Waals surface area contributed by atoms with Gasteiger partial charge in [0.2, 0.25) is 5.91 Å². The minimum atomic E-state index is -0.315. The molecule has 0 aromatic heterocycles. The Hall–Kier alpha value is -1.37. The number of nitrogens with one attached hydrogen (secondary N) is 1. The van der Waals surface area contributed by atoms with Gasteiger partial charge in [0.15, 0.2) is 0 Å². The molecule has 2 aliphatic rings. The van der Waals surface area contributed by atoms with Crippen LogP contribution >= 0.6 is 0 Å². The zero-order valence-corrected chi connectivity index (χ0v) is 16.0. The number of hydrogen-bond acceptors (Lipinski definition) is 4. The lowest BCUT2D eigenvalue weighted by Crippen LogP contribution is -2.41. The van der Waals surface area contributed by atoms with E-state index in [9.17, 15) is 4.79 Å². The normalized spacial score (nSPS) is 25.3. The topological polar surface area (TPSA) is 50.8 Å². The molecule has 1 aromatic rings. The SMILES string of the molecule is CC(=O)N[C@H]1CCN(Cc2ccc(B3OC(C)(C)C(C)(C)O3)cc2)C1. The van der Waals surface area contributed by atoms with Gasteiger partial charge in [0.1, 0.15) is 0 Å². The number of hydrogen-bond donors (Lipinski definition) is 1. The highest BCUT2D eigenvalue weighted by Crippen LogP contribution is 2.36. The highest BCUT2D eigenvalue weighted by molar-refractivity contribution is 6.62. The van der Waals surface area contributed by atoms with Crippen LogP contribution in [-0.2, 0) is 20.6 Å². The fourth-order valence-electron chi connectivity index (χ4n) is 3.40. The average molecular weight is 344 g/mol. The third-order valence-corrected chi connectivity index (χ3v) is 5.59. The third kappa shape index (κ3) is 4.07. The first-order valence-corrected chi connectivity index (χ1v) is 9.10. The molecule has 6 heteroatoms. The summed E-state index contributed by atoms with van der Waals surface area (Å²) in [6.45, 7) is 12.7. The van der Waals surface area contributed by atoms with Crippen molar-refractivity contribution in [2.24, 2.45) is 0 Å². The van der Waals surface area contributed by atoms with Gasteiger partial charge in [-0.3, -0.25) is 9.69 Å². The van der Waals surface area contributed by atoms with E-state index >= 15 is 0 Å². The summed E-state index contributed by atoms with van der Waals surface area (Å²) in [7, 11) is -0.310. The molecule has 0 radical (unpaired) electrons. The Kier molecular flexibility index (Phi) is 4.97. The highest BCUT2D eigenvalue weighted by Gasteiger charge is 2.51. The summed E-state index contributed by atoms with van der Waals surface area (Å²) < 4.78 is 12.2. The van der Waals surface area contributed by atoms with E-state index in [2.05, 4.69) is 62.2 Å². The molecule has 1 amide bonds. The molecule has 1 N–H and O–H groups in total. The first kappa shape index (κ1) is 18.4. The van der Waals surface area contributed by atoms with Crippen molar-refractivity contribution < 1.29 is 14.1 Å². The minimum absolute atomic E-state index is 0.0543. The molecule has 3 rings (SSSR count). The average Bonchev–Trinajstić information content (AvgIpc) is 3.01. The number of benzene rings is 1. The maximum atomic E-state index is 11.2. The molecule has 0 bridgehead atoms. The summed E-state index contributed by atoms with van der Waals surface area (Å²) in [5, 5.41) is 3.01. The smallest absolute Gasteiger partial charge is 0.399 e. The number of rotatable bonds is 4. The standard InChI is InChI=1S/C19H29BN2O3/c1-14(23)21-17-10-11-22(13-17)12-15-6-8-16(9-7-15)20-24-18(2,3)19(4,5)25-20/h6-9,17H,10-13H2,1-5H3,(H,21,23)/t17-/m0/s1. The van der Waals surface area contributed by atoms with Crippen LogP contribution in [0.15, 0.2) is 24.3 Å². The van der Waals surface area contributed by atoms with Gasteiger partial charge >= 0.3 is 7.12 Å². The van der Waals surface area contributed by atoms with Crippen LogP contribution in [0.3, 0.4) is 0 Å². The second-order valence-electron chi connectivity index (χ2n) is 8.25. The first-order valence-electron chi connectivity index (χ1n) is 9.10. The van der Waals surface area contributed by atoms with Crippen molar-refractivity contribution >= 4 is 18.5 Å². The van der Waals surface area contributed by atoms with Gasteiger partial charge in [-0.1, -0.05) is 24.3 Å². The largest absolute Gasteiger partial charge is 0.494 e. The van der Waals surface area contributed by atoms with Crippen LogP contribution in [0.25, 0.3) is 0 Å². The maximum absolute atomic E-state index is 11.2. The van der Waals surface area contributed by atoms with Crippen molar-refractivity contribution in [2.75, 3.05) is 13.1 Å². The van der Waals surface area contributed by atoms with E-state index in [-0.39, 0.29) is 30.3 Å². The fraction of sp³-hybridized carbons (Fsp3) is 0.632. The van der Waals surface area contributed by atoms with Crippen LogP contribution in [-0.4, -0.2) is 48.3 Å². The van der Waals surface area contributed by atoms with Gasteiger partial charge in [0.05, 0.1) is 11.2 Å². The van der Waals surface area contributed by atoms with Gasteiger partial charge in [0, 0.05) is 32.6 Å². The van der Waals surface area contributed by atoms with E-state index in [0.29, 0.717) is 0 Å². The van der Waals surface area contributed by atoms with Gasteiger partial charge in [-0.15, -0.1) is 0 Å². The number of amides is 1. The molecule has 1 atom stereocenters. The van der Waals surface area contributed by atoms with Gasteiger partial charge in [0.25, 0.3) is 0 Å². The molecular weight excluding hydrogens is 315 g/mol. The van der Waals surface area contributed by atoms with Crippen LogP contribution in [0.5, 0.6) is 0 Å². The Morgan fingerprint density at radius 3 is 2.36 bits per heavy atom. The van der Waals surface area contributed by atoms with Gasteiger partial charge in [-0.25, -0.2) is 0 Å². The third-order valence-electron chi connectivity index (χ3n) is 5.59. The zero-order chi connectivity index (χ0) is 18.2. The molecule has 0 aliphatic carbocycles. The number of carbonyl (C=O) groups excluding carboxylic acids is 1. The van der Waals surface area contributed by atoms with Crippen molar-refractivity contribution in [2.45, 2.75) is 64.8 Å². The van der Waals surface area contributed by atoms with Crippen molar-refractivity contribution in [3.63, 3.8) is 0 Å². The molecule has 5 nitrogen and oxygen atoms in total. The molecule has 0 unspecified atom stereocenters. The van der Waals surface area contributed by atoms with Crippen LogP contribution in [0.4, 0.5) is 0 Å². The van der Waals surface area contributed by atoms with E-state index in [1.54, 1.807) is 6.92 Å². The van der Waals surface area contributed by atoms with Crippen molar-refractivity contribution in [3.8, 4) is 0 Å². The summed E-state index contributed by atoms with van der Waals surface area (Å²) in [6, 6.07) is 8.76. The fourth-order valence-corrected chi connectivity index (χ4v) is 3.40. The Morgan fingerprint density at radius 2 is 1.80 bits per heavy atom. The van der Waals surface area contributed by atoms with Gasteiger partial charge in [-0.2, -0.15) is 0 Å². The molecule has 2 aliphatic heterocycles. The maximum Gasteiger partial charge on any atom is 0.494 e.